The maximum absolute atomic E-state index is 12.5. The van der Waals surface area contributed by atoms with E-state index in [1.165, 1.54) is 5.56 Å². The topological polar surface area (TPSA) is 56.8 Å². The molecule has 28 heavy (non-hydrogen) atoms. The first-order valence-corrected chi connectivity index (χ1v) is 9.83. The van der Waals surface area contributed by atoms with Crippen molar-refractivity contribution in [3.05, 3.63) is 53.1 Å². The summed E-state index contributed by atoms with van der Waals surface area (Å²) in [7, 11) is 0. The van der Waals surface area contributed by atoms with Gasteiger partial charge < -0.3 is 19.5 Å². The van der Waals surface area contributed by atoms with Crippen molar-refractivity contribution in [2.24, 2.45) is 5.92 Å². The van der Waals surface area contributed by atoms with E-state index < -0.39 is 0 Å². The predicted molar refractivity (Wildman–Crippen MR) is 109 cm³/mol. The summed E-state index contributed by atoms with van der Waals surface area (Å²) in [5.74, 6) is 2.27. The van der Waals surface area contributed by atoms with Crippen molar-refractivity contribution in [1.29, 1.82) is 0 Å². The van der Waals surface area contributed by atoms with E-state index in [0.717, 1.165) is 29.0 Å². The van der Waals surface area contributed by atoms with Gasteiger partial charge in [0.15, 0.2) is 18.1 Å². The fraction of sp³-hybridized carbons (Fsp3) is 0.435. The second-order valence-corrected chi connectivity index (χ2v) is 7.58. The first-order valence-electron chi connectivity index (χ1n) is 9.83. The van der Waals surface area contributed by atoms with Crippen molar-refractivity contribution in [1.82, 2.24) is 5.32 Å². The molecule has 0 aliphatic carbocycles. The summed E-state index contributed by atoms with van der Waals surface area (Å²) in [6.45, 7) is 9.52. The normalized spacial score (nSPS) is 14.3. The highest BCUT2D eigenvalue weighted by molar-refractivity contribution is 5.78. The zero-order valence-corrected chi connectivity index (χ0v) is 17.1. The molecular formula is C23H29NO4. The molecule has 1 N–H and O–H groups in total. The molecule has 1 amide bonds. The third-order valence-electron chi connectivity index (χ3n) is 4.96. The molecule has 150 valence electrons. The van der Waals surface area contributed by atoms with Crippen LogP contribution in [0.4, 0.5) is 0 Å². The van der Waals surface area contributed by atoms with Crippen LogP contribution in [0.2, 0.25) is 0 Å². The SMILES string of the molecule is Cc1ccc(OCC(=O)NC(c2ccc3c(c2)OCCCO3)C(C)C)cc1C. The third-order valence-corrected chi connectivity index (χ3v) is 4.96. The summed E-state index contributed by atoms with van der Waals surface area (Å²) in [6, 6.07) is 11.6. The number of hydrogen-bond donors (Lipinski definition) is 1. The Morgan fingerprint density at radius 2 is 1.79 bits per heavy atom. The lowest BCUT2D eigenvalue weighted by molar-refractivity contribution is -0.124. The molecule has 1 unspecified atom stereocenters. The Labute approximate surface area is 167 Å². The van der Waals surface area contributed by atoms with Gasteiger partial charge in [0.05, 0.1) is 19.3 Å². The zero-order chi connectivity index (χ0) is 20.1. The van der Waals surface area contributed by atoms with Crippen molar-refractivity contribution >= 4 is 5.91 Å². The van der Waals surface area contributed by atoms with Gasteiger partial charge in [-0.2, -0.15) is 0 Å². The minimum atomic E-state index is -0.149. The fourth-order valence-corrected chi connectivity index (χ4v) is 3.18. The lowest BCUT2D eigenvalue weighted by atomic mass is 9.95. The van der Waals surface area contributed by atoms with Crippen molar-refractivity contribution in [2.75, 3.05) is 19.8 Å². The van der Waals surface area contributed by atoms with Gasteiger partial charge in [-0.05, 0) is 60.7 Å². The Bertz CT molecular complexity index is 831. The Hall–Kier alpha value is -2.69. The molecule has 5 heteroatoms. The third kappa shape index (κ3) is 4.97. The van der Waals surface area contributed by atoms with Crippen molar-refractivity contribution in [3.63, 3.8) is 0 Å². The van der Waals surface area contributed by atoms with E-state index >= 15 is 0 Å². The van der Waals surface area contributed by atoms with E-state index in [9.17, 15) is 4.79 Å². The number of rotatable bonds is 6. The van der Waals surface area contributed by atoms with Crippen LogP contribution in [-0.2, 0) is 4.79 Å². The summed E-state index contributed by atoms with van der Waals surface area (Å²) in [4.78, 5) is 12.5. The van der Waals surface area contributed by atoms with Crippen molar-refractivity contribution < 1.29 is 19.0 Å². The molecule has 1 heterocycles. The van der Waals surface area contributed by atoms with Gasteiger partial charge >= 0.3 is 0 Å². The van der Waals surface area contributed by atoms with Crippen LogP contribution in [0.5, 0.6) is 17.2 Å². The molecule has 0 bridgehead atoms. The number of aryl methyl sites for hydroxylation is 2. The maximum Gasteiger partial charge on any atom is 0.258 e. The second kappa shape index (κ2) is 9.00. The average molecular weight is 383 g/mol. The molecule has 0 saturated heterocycles. The van der Waals surface area contributed by atoms with Gasteiger partial charge in [-0.3, -0.25) is 4.79 Å². The van der Waals surface area contributed by atoms with Crippen LogP contribution in [0.25, 0.3) is 0 Å². The van der Waals surface area contributed by atoms with Gasteiger partial charge in [-0.25, -0.2) is 0 Å². The molecule has 1 aliphatic heterocycles. The monoisotopic (exact) mass is 383 g/mol. The molecule has 3 rings (SSSR count). The molecule has 2 aromatic carbocycles. The number of carbonyl (C=O) groups is 1. The number of carbonyl (C=O) groups excluding carboxylic acids is 1. The quantitative estimate of drug-likeness (QED) is 0.805. The summed E-state index contributed by atoms with van der Waals surface area (Å²) in [5.41, 5.74) is 3.34. The van der Waals surface area contributed by atoms with Gasteiger partial charge in [0.25, 0.3) is 5.91 Å². The van der Waals surface area contributed by atoms with Crippen LogP contribution in [0.15, 0.2) is 36.4 Å². The van der Waals surface area contributed by atoms with Crippen molar-refractivity contribution in [2.45, 2.75) is 40.2 Å². The highest BCUT2D eigenvalue weighted by atomic mass is 16.5. The lowest BCUT2D eigenvalue weighted by Gasteiger charge is -2.24. The fourth-order valence-electron chi connectivity index (χ4n) is 3.18. The molecule has 0 spiro atoms. The van der Waals surface area contributed by atoms with Crippen LogP contribution in [0, 0.1) is 19.8 Å². The zero-order valence-electron chi connectivity index (χ0n) is 17.1. The van der Waals surface area contributed by atoms with Gasteiger partial charge in [-0.15, -0.1) is 0 Å². The Kier molecular flexibility index (Phi) is 6.45. The number of benzene rings is 2. The highest BCUT2D eigenvalue weighted by Crippen LogP contribution is 2.34. The van der Waals surface area contributed by atoms with Gasteiger partial charge in [0.1, 0.15) is 5.75 Å². The van der Waals surface area contributed by atoms with Crippen LogP contribution >= 0.6 is 0 Å². The maximum atomic E-state index is 12.5. The van der Waals surface area contributed by atoms with Crippen LogP contribution < -0.4 is 19.5 Å². The molecular weight excluding hydrogens is 354 g/mol. The Morgan fingerprint density at radius 3 is 2.50 bits per heavy atom. The minimum absolute atomic E-state index is 0.0176. The van der Waals surface area contributed by atoms with E-state index in [1.54, 1.807) is 0 Å². The van der Waals surface area contributed by atoms with Gasteiger partial charge in [-0.1, -0.05) is 26.0 Å². The number of fused-ring (bicyclic) bond motifs is 1. The van der Waals surface area contributed by atoms with E-state index in [-0.39, 0.29) is 24.5 Å². The van der Waals surface area contributed by atoms with Crippen LogP contribution in [0.3, 0.4) is 0 Å². The summed E-state index contributed by atoms with van der Waals surface area (Å²) >= 11 is 0. The number of hydrogen-bond acceptors (Lipinski definition) is 4. The number of ether oxygens (including phenoxy) is 3. The number of nitrogens with one attached hydrogen (secondary N) is 1. The van der Waals surface area contributed by atoms with E-state index in [0.29, 0.717) is 19.0 Å². The average Bonchev–Trinajstić information content (AvgIpc) is 2.91. The first kappa shape index (κ1) is 20.1. The summed E-state index contributed by atoms with van der Waals surface area (Å²) in [6.07, 6.45) is 0.865. The van der Waals surface area contributed by atoms with E-state index in [2.05, 4.69) is 19.2 Å². The molecule has 0 aromatic heterocycles. The van der Waals surface area contributed by atoms with Crippen LogP contribution in [0.1, 0.15) is 43.0 Å². The lowest BCUT2D eigenvalue weighted by Crippen LogP contribution is -2.35. The standard InChI is InChI=1S/C23H29NO4/c1-15(2)23(18-7-9-20-21(13-18)27-11-5-10-26-20)24-22(25)14-28-19-8-6-16(3)17(4)12-19/h6-9,12-13,15,23H,5,10-11,14H2,1-4H3,(H,24,25). The van der Waals surface area contributed by atoms with E-state index in [4.69, 9.17) is 14.2 Å². The van der Waals surface area contributed by atoms with E-state index in [1.807, 2.05) is 50.2 Å². The second-order valence-electron chi connectivity index (χ2n) is 7.58. The first-order chi connectivity index (χ1) is 13.4. The Balaban J connectivity index is 1.66. The molecule has 0 saturated carbocycles. The van der Waals surface area contributed by atoms with Crippen LogP contribution in [-0.4, -0.2) is 25.7 Å². The van der Waals surface area contributed by atoms with Crippen molar-refractivity contribution in [3.8, 4) is 17.2 Å². The summed E-state index contributed by atoms with van der Waals surface area (Å²) in [5, 5.41) is 3.09. The molecule has 2 aromatic rings. The smallest absolute Gasteiger partial charge is 0.258 e. The predicted octanol–water partition coefficient (Wildman–Crippen LogP) is 4.36. The number of amides is 1. The Morgan fingerprint density at radius 1 is 1.04 bits per heavy atom. The molecule has 5 nitrogen and oxygen atoms in total. The largest absolute Gasteiger partial charge is 0.490 e. The van der Waals surface area contributed by atoms with Gasteiger partial charge in [0.2, 0.25) is 0 Å². The van der Waals surface area contributed by atoms with Gasteiger partial charge in [0, 0.05) is 6.42 Å². The molecule has 1 atom stereocenters. The highest BCUT2D eigenvalue weighted by Gasteiger charge is 2.21. The summed E-state index contributed by atoms with van der Waals surface area (Å²) < 4.78 is 17.2. The molecule has 0 fully saturated rings. The molecule has 0 radical (unpaired) electrons. The minimum Gasteiger partial charge on any atom is -0.490 e. The molecule has 1 aliphatic rings.